The van der Waals surface area contributed by atoms with Crippen molar-refractivity contribution in [3.8, 4) is 0 Å². The first-order valence-corrected chi connectivity index (χ1v) is 5.85. The van der Waals surface area contributed by atoms with Crippen molar-refractivity contribution in [2.24, 2.45) is 5.92 Å². The van der Waals surface area contributed by atoms with Gasteiger partial charge in [0.05, 0.1) is 6.10 Å². The van der Waals surface area contributed by atoms with Crippen LogP contribution in [-0.2, 0) is 9.47 Å². The molecule has 0 spiro atoms. The molecule has 1 atom stereocenters. The minimum atomic E-state index is 0.481. The third kappa shape index (κ3) is 3.23. The fraction of sp³-hybridized carbons (Fsp3) is 1.00. The van der Waals surface area contributed by atoms with Gasteiger partial charge < -0.3 is 14.8 Å². The number of hydrogen-bond acceptors (Lipinski definition) is 3. The van der Waals surface area contributed by atoms with E-state index >= 15 is 0 Å². The third-order valence-electron chi connectivity index (χ3n) is 3.17. The second-order valence-electron chi connectivity index (χ2n) is 4.35. The summed E-state index contributed by atoms with van der Waals surface area (Å²) < 4.78 is 10.9. The van der Waals surface area contributed by atoms with Crippen LogP contribution in [0.2, 0.25) is 0 Å². The predicted octanol–water partition coefficient (Wildman–Crippen LogP) is 1.18. The summed E-state index contributed by atoms with van der Waals surface area (Å²) in [5.74, 6) is 0.824. The van der Waals surface area contributed by atoms with Crippen LogP contribution in [0.25, 0.3) is 0 Å². The second-order valence-corrected chi connectivity index (χ2v) is 4.35. The van der Waals surface area contributed by atoms with Gasteiger partial charge in [-0.25, -0.2) is 0 Å². The monoisotopic (exact) mass is 199 g/mol. The summed E-state index contributed by atoms with van der Waals surface area (Å²) in [6.07, 6.45) is 5.40. The second kappa shape index (κ2) is 5.69. The topological polar surface area (TPSA) is 30.5 Å². The fourth-order valence-electron chi connectivity index (χ4n) is 2.20. The largest absolute Gasteiger partial charge is 0.381 e. The highest BCUT2D eigenvalue weighted by molar-refractivity contribution is 4.70. The molecule has 0 unspecified atom stereocenters. The summed E-state index contributed by atoms with van der Waals surface area (Å²) >= 11 is 0. The van der Waals surface area contributed by atoms with Crippen LogP contribution in [0.4, 0.5) is 0 Å². The molecule has 2 aliphatic heterocycles. The van der Waals surface area contributed by atoms with E-state index in [4.69, 9.17) is 9.47 Å². The number of hydrogen-bond donors (Lipinski definition) is 1. The van der Waals surface area contributed by atoms with E-state index in [1.54, 1.807) is 0 Å². The number of ether oxygens (including phenoxy) is 2. The van der Waals surface area contributed by atoms with E-state index in [0.29, 0.717) is 6.10 Å². The maximum absolute atomic E-state index is 5.56. The Morgan fingerprint density at radius 1 is 1.00 bits per heavy atom. The Bertz CT molecular complexity index is 151. The lowest BCUT2D eigenvalue weighted by Crippen LogP contribution is -2.32. The van der Waals surface area contributed by atoms with Gasteiger partial charge in [0.15, 0.2) is 0 Å². The van der Waals surface area contributed by atoms with Crippen molar-refractivity contribution in [2.75, 3.05) is 32.9 Å². The standard InChI is InChI=1S/C11H21NO2/c1-2-11(14-5-1)9-12-8-10-3-6-13-7-4-10/h10-12H,1-9H2/t11-/m1/s1. The van der Waals surface area contributed by atoms with Crippen molar-refractivity contribution in [1.29, 1.82) is 0 Å². The van der Waals surface area contributed by atoms with Crippen LogP contribution in [0, 0.1) is 5.92 Å². The molecule has 0 bridgehead atoms. The fourth-order valence-corrected chi connectivity index (χ4v) is 2.20. The maximum Gasteiger partial charge on any atom is 0.0700 e. The Hall–Kier alpha value is -0.120. The molecular weight excluding hydrogens is 178 g/mol. The van der Waals surface area contributed by atoms with Gasteiger partial charge in [0.1, 0.15) is 0 Å². The van der Waals surface area contributed by atoms with Crippen molar-refractivity contribution in [2.45, 2.75) is 31.8 Å². The van der Waals surface area contributed by atoms with E-state index in [0.717, 1.165) is 38.8 Å². The summed E-state index contributed by atoms with van der Waals surface area (Å²) in [7, 11) is 0. The summed E-state index contributed by atoms with van der Waals surface area (Å²) in [5, 5.41) is 3.52. The molecule has 14 heavy (non-hydrogen) atoms. The molecular formula is C11H21NO2. The average Bonchev–Trinajstić information content (AvgIpc) is 2.72. The van der Waals surface area contributed by atoms with Gasteiger partial charge in [-0.15, -0.1) is 0 Å². The lowest BCUT2D eigenvalue weighted by atomic mass is 10.0. The number of nitrogens with one attached hydrogen (secondary N) is 1. The van der Waals surface area contributed by atoms with Crippen LogP contribution in [0.1, 0.15) is 25.7 Å². The molecule has 0 saturated carbocycles. The molecule has 2 rings (SSSR count). The molecule has 82 valence electrons. The van der Waals surface area contributed by atoms with Crippen molar-refractivity contribution >= 4 is 0 Å². The molecule has 3 nitrogen and oxygen atoms in total. The van der Waals surface area contributed by atoms with Crippen LogP contribution in [0.3, 0.4) is 0 Å². The molecule has 0 aromatic carbocycles. The maximum atomic E-state index is 5.56. The summed E-state index contributed by atoms with van der Waals surface area (Å²) in [6, 6.07) is 0. The summed E-state index contributed by atoms with van der Waals surface area (Å²) in [6.45, 7) is 5.04. The van der Waals surface area contributed by atoms with Crippen molar-refractivity contribution < 1.29 is 9.47 Å². The molecule has 0 radical (unpaired) electrons. The molecule has 2 saturated heterocycles. The highest BCUT2D eigenvalue weighted by Gasteiger charge is 2.17. The van der Waals surface area contributed by atoms with Crippen LogP contribution in [0.15, 0.2) is 0 Å². The molecule has 2 fully saturated rings. The SMILES string of the molecule is C1CO[C@@H](CNCC2CCOCC2)C1. The number of rotatable bonds is 4. The quantitative estimate of drug-likeness (QED) is 0.737. The van der Waals surface area contributed by atoms with E-state index < -0.39 is 0 Å². The van der Waals surface area contributed by atoms with Gasteiger partial charge in [-0.3, -0.25) is 0 Å². The predicted molar refractivity (Wildman–Crippen MR) is 55.4 cm³/mol. The Balaban J connectivity index is 1.52. The van der Waals surface area contributed by atoms with E-state index in [1.807, 2.05) is 0 Å². The first-order valence-electron chi connectivity index (χ1n) is 5.85. The van der Waals surface area contributed by atoms with Gasteiger partial charge in [0.25, 0.3) is 0 Å². The first-order chi connectivity index (χ1) is 6.95. The van der Waals surface area contributed by atoms with Crippen molar-refractivity contribution in [3.63, 3.8) is 0 Å². The van der Waals surface area contributed by atoms with Gasteiger partial charge >= 0.3 is 0 Å². The van der Waals surface area contributed by atoms with Gasteiger partial charge in [0, 0.05) is 26.4 Å². The molecule has 2 heterocycles. The zero-order valence-corrected chi connectivity index (χ0v) is 8.84. The smallest absolute Gasteiger partial charge is 0.0700 e. The lowest BCUT2D eigenvalue weighted by molar-refractivity contribution is 0.0635. The van der Waals surface area contributed by atoms with Gasteiger partial charge in [-0.05, 0) is 38.1 Å². The highest BCUT2D eigenvalue weighted by atomic mass is 16.5. The third-order valence-corrected chi connectivity index (χ3v) is 3.17. The van der Waals surface area contributed by atoms with Crippen molar-refractivity contribution in [1.82, 2.24) is 5.32 Å². The van der Waals surface area contributed by atoms with E-state index in [1.165, 1.54) is 25.7 Å². The van der Waals surface area contributed by atoms with Crippen LogP contribution in [0.5, 0.6) is 0 Å². The Morgan fingerprint density at radius 3 is 2.57 bits per heavy atom. The van der Waals surface area contributed by atoms with Gasteiger partial charge in [0.2, 0.25) is 0 Å². The van der Waals surface area contributed by atoms with Crippen LogP contribution in [-0.4, -0.2) is 39.0 Å². The minimum absolute atomic E-state index is 0.481. The molecule has 3 heteroatoms. The van der Waals surface area contributed by atoms with E-state index in [9.17, 15) is 0 Å². The molecule has 2 aliphatic rings. The highest BCUT2D eigenvalue weighted by Crippen LogP contribution is 2.14. The minimum Gasteiger partial charge on any atom is -0.381 e. The Kier molecular flexibility index (Phi) is 4.22. The van der Waals surface area contributed by atoms with Gasteiger partial charge in [-0.2, -0.15) is 0 Å². The molecule has 0 amide bonds. The molecule has 1 N–H and O–H groups in total. The van der Waals surface area contributed by atoms with E-state index in [-0.39, 0.29) is 0 Å². The van der Waals surface area contributed by atoms with Crippen LogP contribution < -0.4 is 5.32 Å². The zero-order valence-electron chi connectivity index (χ0n) is 8.84. The van der Waals surface area contributed by atoms with Crippen LogP contribution >= 0.6 is 0 Å². The van der Waals surface area contributed by atoms with E-state index in [2.05, 4.69) is 5.32 Å². The lowest BCUT2D eigenvalue weighted by Gasteiger charge is -2.22. The van der Waals surface area contributed by atoms with Crippen molar-refractivity contribution in [3.05, 3.63) is 0 Å². The first kappa shape index (κ1) is 10.4. The molecule has 0 aliphatic carbocycles. The Labute approximate surface area is 86.2 Å². The normalized spacial score (nSPS) is 29.6. The zero-order chi connectivity index (χ0) is 9.64. The summed E-state index contributed by atoms with van der Waals surface area (Å²) in [4.78, 5) is 0. The molecule has 0 aromatic rings. The summed E-state index contributed by atoms with van der Waals surface area (Å²) in [5.41, 5.74) is 0. The Morgan fingerprint density at radius 2 is 1.86 bits per heavy atom. The molecule has 0 aromatic heterocycles. The van der Waals surface area contributed by atoms with Gasteiger partial charge in [-0.1, -0.05) is 0 Å². The average molecular weight is 199 g/mol.